The lowest BCUT2D eigenvalue weighted by atomic mass is 9.90. The molecule has 1 spiro atoms. The monoisotopic (exact) mass is 410 g/mol. The summed E-state index contributed by atoms with van der Waals surface area (Å²) >= 11 is 6.11. The minimum atomic E-state index is -0.334. The lowest BCUT2D eigenvalue weighted by Gasteiger charge is -2.50. The van der Waals surface area contributed by atoms with E-state index in [2.05, 4.69) is 56.1 Å². The molecule has 3 aliphatic heterocycles. The molecule has 3 heterocycles. The minimum absolute atomic E-state index is 0.241. The molecule has 0 radical (unpaired) electrons. The number of halogens is 1. The van der Waals surface area contributed by atoms with Crippen molar-refractivity contribution in [1.29, 1.82) is 0 Å². The van der Waals surface area contributed by atoms with Crippen molar-refractivity contribution in [3.05, 3.63) is 64.2 Å². The highest BCUT2D eigenvalue weighted by molar-refractivity contribution is 6.30. The molecule has 29 heavy (non-hydrogen) atoms. The molecule has 2 aromatic rings. The fourth-order valence-corrected chi connectivity index (χ4v) is 5.21. The van der Waals surface area contributed by atoms with Gasteiger partial charge >= 0.3 is 0 Å². The summed E-state index contributed by atoms with van der Waals surface area (Å²) in [6.45, 7) is 9.00. The predicted molar refractivity (Wildman–Crippen MR) is 117 cm³/mol. The fourth-order valence-electron chi connectivity index (χ4n) is 5.09. The summed E-state index contributed by atoms with van der Waals surface area (Å²) in [7, 11) is 0. The van der Waals surface area contributed by atoms with Gasteiger partial charge in [-0.3, -0.25) is 0 Å². The van der Waals surface area contributed by atoms with E-state index in [0.29, 0.717) is 6.04 Å². The summed E-state index contributed by atoms with van der Waals surface area (Å²) in [5, 5.41) is 8.22. The summed E-state index contributed by atoms with van der Waals surface area (Å²) in [6.07, 6.45) is 2.91. The van der Waals surface area contributed by atoms with Crippen molar-refractivity contribution in [2.75, 3.05) is 13.1 Å². The first-order valence-electron chi connectivity index (χ1n) is 10.7. The van der Waals surface area contributed by atoms with Crippen LogP contribution in [-0.2, 0) is 0 Å². The molecule has 0 aliphatic carbocycles. The molecule has 0 bridgehead atoms. The van der Waals surface area contributed by atoms with Crippen LogP contribution in [0.5, 0.6) is 5.75 Å². The summed E-state index contributed by atoms with van der Waals surface area (Å²) < 4.78 is 6.75. The Labute approximate surface area is 178 Å². The van der Waals surface area contributed by atoms with Gasteiger partial charge in [-0.1, -0.05) is 41.4 Å². The van der Waals surface area contributed by atoms with Crippen LogP contribution in [0.1, 0.15) is 55.8 Å². The van der Waals surface area contributed by atoms with Crippen molar-refractivity contribution in [2.45, 2.75) is 57.8 Å². The van der Waals surface area contributed by atoms with E-state index in [-0.39, 0.29) is 11.8 Å². The highest BCUT2D eigenvalue weighted by Crippen LogP contribution is 2.49. The Kier molecular flexibility index (Phi) is 4.60. The van der Waals surface area contributed by atoms with Crippen LogP contribution < -0.4 is 9.64 Å². The number of benzene rings is 2. The highest BCUT2D eigenvalue weighted by atomic mass is 35.5. The van der Waals surface area contributed by atoms with Crippen LogP contribution in [0.2, 0.25) is 5.02 Å². The van der Waals surface area contributed by atoms with Gasteiger partial charge in [-0.15, -0.1) is 0 Å². The number of hydrazone groups is 1. The number of aryl methyl sites for hydroxylation is 1. The van der Waals surface area contributed by atoms with E-state index >= 15 is 0 Å². The van der Waals surface area contributed by atoms with Crippen LogP contribution in [0, 0.1) is 6.92 Å². The van der Waals surface area contributed by atoms with Gasteiger partial charge in [0.15, 0.2) is 0 Å². The third-order valence-electron chi connectivity index (χ3n) is 6.82. The molecule has 1 saturated heterocycles. The van der Waals surface area contributed by atoms with E-state index in [4.69, 9.17) is 21.4 Å². The standard InChI is InChI=1S/C24H28ClN3O/c1-16(2)27-12-10-24(11-13-27)28-22(20-14-17(3)4-9-23(20)29-24)15-21(26-28)18-5-7-19(25)8-6-18/h4-9,14,16,22H,10-13,15H2,1-3H3/p+1/t22-/m0/s1. The molecule has 5 heteroatoms. The number of hydrogen-bond acceptors (Lipinski definition) is 3. The Hall–Kier alpha value is -2.04. The first-order chi connectivity index (χ1) is 13.9. The van der Waals surface area contributed by atoms with Crippen molar-refractivity contribution in [2.24, 2.45) is 5.10 Å². The van der Waals surface area contributed by atoms with Crippen LogP contribution in [0.4, 0.5) is 0 Å². The average molecular weight is 411 g/mol. The van der Waals surface area contributed by atoms with Crippen molar-refractivity contribution >= 4 is 17.3 Å². The Bertz CT molecular complexity index is 945. The fraction of sp³-hybridized carbons (Fsp3) is 0.458. The lowest BCUT2D eigenvalue weighted by Crippen LogP contribution is -3.16. The molecule has 0 amide bonds. The zero-order valence-corrected chi connectivity index (χ0v) is 18.2. The SMILES string of the molecule is Cc1ccc2c(c1)[C@@H]1CC(c3ccc(Cl)cc3)=NN1C1(CC[NH+](C(C)C)CC1)O2. The molecule has 1 atom stereocenters. The first-order valence-corrected chi connectivity index (χ1v) is 11.1. The quantitative estimate of drug-likeness (QED) is 0.811. The maximum atomic E-state index is 6.75. The van der Waals surface area contributed by atoms with Gasteiger partial charge in [-0.2, -0.15) is 5.10 Å². The van der Waals surface area contributed by atoms with E-state index in [9.17, 15) is 0 Å². The van der Waals surface area contributed by atoms with Crippen LogP contribution in [0.15, 0.2) is 47.6 Å². The second-order valence-electron chi connectivity index (χ2n) is 9.02. The maximum absolute atomic E-state index is 6.75. The molecule has 2 aromatic carbocycles. The van der Waals surface area contributed by atoms with Crippen LogP contribution in [0.3, 0.4) is 0 Å². The van der Waals surface area contributed by atoms with Gasteiger partial charge in [-0.25, -0.2) is 5.01 Å². The predicted octanol–water partition coefficient (Wildman–Crippen LogP) is 3.98. The first kappa shape index (κ1) is 19.0. The summed E-state index contributed by atoms with van der Waals surface area (Å²) in [5.74, 6) is 1.04. The average Bonchev–Trinajstić information content (AvgIpc) is 3.16. The second kappa shape index (κ2) is 7.03. The van der Waals surface area contributed by atoms with Crippen molar-refractivity contribution < 1.29 is 9.64 Å². The van der Waals surface area contributed by atoms with Crippen LogP contribution in [0.25, 0.3) is 0 Å². The topological polar surface area (TPSA) is 29.3 Å². The molecule has 0 saturated carbocycles. The summed E-state index contributed by atoms with van der Waals surface area (Å²) in [5.41, 5.74) is 4.48. The molecule has 0 unspecified atom stereocenters. The Balaban J connectivity index is 1.54. The van der Waals surface area contributed by atoms with Gasteiger partial charge in [0.1, 0.15) is 5.75 Å². The van der Waals surface area contributed by atoms with E-state index in [1.165, 1.54) is 11.1 Å². The number of rotatable bonds is 2. The molecule has 1 fully saturated rings. The number of fused-ring (bicyclic) bond motifs is 4. The molecule has 152 valence electrons. The van der Waals surface area contributed by atoms with Gasteiger partial charge in [0.05, 0.1) is 43.7 Å². The number of quaternary nitrogens is 1. The number of ether oxygens (including phenoxy) is 1. The van der Waals surface area contributed by atoms with E-state index in [1.54, 1.807) is 4.90 Å². The summed E-state index contributed by atoms with van der Waals surface area (Å²) in [6, 6.07) is 15.5. The smallest absolute Gasteiger partial charge is 0.208 e. The van der Waals surface area contributed by atoms with Gasteiger partial charge in [-0.05, 0) is 44.5 Å². The molecule has 1 N–H and O–H groups in total. The van der Waals surface area contributed by atoms with E-state index in [1.807, 2.05) is 12.1 Å². The number of piperidine rings is 1. The Morgan fingerprint density at radius 1 is 1.14 bits per heavy atom. The molecule has 3 aliphatic rings. The molecule has 4 nitrogen and oxygen atoms in total. The van der Waals surface area contributed by atoms with Gasteiger partial charge in [0.25, 0.3) is 0 Å². The maximum Gasteiger partial charge on any atom is 0.208 e. The van der Waals surface area contributed by atoms with Gasteiger partial charge in [0.2, 0.25) is 5.72 Å². The number of nitrogens with zero attached hydrogens (tertiary/aromatic N) is 2. The van der Waals surface area contributed by atoms with E-state index < -0.39 is 0 Å². The van der Waals surface area contributed by atoms with Crippen molar-refractivity contribution in [3.8, 4) is 5.75 Å². The summed E-state index contributed by atoms with van der Waals surface area (Å²) in [4.78, 5) is 1.66. The van der Waals surface area contributed by atoms with E-state index in [0.717, 1.165) is 54.4 Å². The largest absolute Gasteiger partial charge is 0.466 e. The third-order valence-corrected chi connectivity index (χ3v) is 7.07. The molecule has 5 rings (SSSR count). The minimum Gasteiger partial charge on any atom is -0.466 e. The number of likely N-dealkylation sites (tertiary alicyclic amines) is 1. The van der Waals surface area contributed by atoms with Gasteiger partial charge in [0, 0.05) is 17.0 Å². The Morgan fingerprint density at radius 3 is 2.55 bits per heavy atom. The normalized spacial score (nSPS) is 28.2. The van der Waals surface area contributed by atoms with Crippen molar-refractivity contribution in [1.82, 2.24) is 5.01 Å². The lowest BCUT2D eigenvalue weighted by molar-refractivity contribution is -0.929. The number of hydrogen-bond donors (Lipinski definition) is 1. The highest BCUT2D eigenvalue weighted by Gasteiger charge is 2.53. The molecular weight excluding hydrogens is 382 g/mol. The molecular formula is C24H29ClN3O+. The van der Waals surface area contributed by atoms with Crippen molar-refractivity contribution in [3.63, 3.8) is 0 Å². The zero-order valence-electron chi connectivity index (χ0n) is 17.4. The molecule has 0 aromatic heterocycles. The van der Waals surface area contributed by atoms with Crippen LogP contribution >= 0.6 is 11.6 Å². The Morgan fingerprint density at radius 2 is 1.86 bits per heavy atom. The van der Waals surface area contributed by atoms with Crippen LogP contribution in [-0.4, -0.2) is 35.6 Å². The third kappa shape index (κ3) is 3.23. The second-order valence-corrected chi connectivity index (χ2v) is 9.46. The number of nitrogens with one attached hydrogen (secondary N) is 1. The zero-order chi connectivity index (χ0) is 20.2. The van der Waals surface area contributed by atoms with Gasteiger partial charge < -0.3 is 9.64 Å².